The maximum absolute atomic E-state index is 11.4. The molecule has 4 heteroatoms. The summed E-state index contributed by atoms with van der Waals surface area (Å²) < 4.78 is 5.39. The Morgan fingerprint density at radius 3 is 2.38 bits per heavy atom. The quantitative estimate of drug-likeness (QED) is 0.918. The van der Waals surface area contributed by atoms with E-state index in [0.717, 1.165) is 22.1 Å². The summed E-state index contributed by atoms with van der Waals surface area (Å²) >= 11 is 0. The lowest BCUT2D eigenvalue weighted by molar-refractivity contribution is -0.148. The summed E-state index contributed by atoms with van der Waals surface area (Å²) in [6.45, 7) is 3.98. The Kier molecular flexibility index (Phi) is 4.19. The monoisotopic (exact) mass is 287 g/mol. The molecule has 0 spiro atoms. The van der Waals surface area contributed by atoms with Gasteiger partial charge in [-0.1, -0.05) is 30.3 Å². The van der Waals surface area contributed by atoms with Crippen LogP contribution < -0.4 is 4.74 Å². The molecule has 0 aliphatic carbocycles. The van der Waals surface area contributed by atoms with E-state index in [1.807, 2.05) is 48.3 Å². The highest BCUT2D eigenvalue weighted by Crippen LogP contribution is 2.29. The minimum Gasteiger partial charge on any atom is -0.496 e. The predicted molar refractivity (Wildman–Crippen MR) is 83.7 cm³/mol. The van der Waals surface area contributed by atoms with Crippen LogP contribution in [0.3, 0.4) is 0 Å². The van der Waals surface area contributed by atoms with Gasteiger partial charge in [-0.15, -0.1) is 0 Å². The Morgan fingerprint density at radius 2 is 1.81 bits per heavy atom. The molecule has 0 heterocycles. The summed E-state index contributed by atoms with van der Waals surface area (Å²) in [5, 5.41) is 11.5. The normalized spacial score (nSPS) is 11.9. The van der Waals surface area contributed by atoms with Gasteiger partial charge in [0.15, 0.2) is 0 Å². The number of carboxylic acid groups (broad SMARTS) is 1. The highest BCUT2D eigenvalue weighted by atomic mass is 16.5. The highest BCUT2D eigenvalue weighted by Gasteiger charge is 2.32. The molecule has 1 N–H and O–H groups in total. The number of ether oxygens (including phenoxy) is 1. The van der Waals surface area contributed by atoms with Crippen LogP contribution in [0.25, 0.3) is 10.8 Å². The summed E-state index contributed by atoms with van der Waals surface area (Å²) in [6.07, 6.45) is 0. The second-order valence-electron chi connectivity index (χ2n) is 5.69. The van der Waals surface area contributed by atoms with Crippen molar-refractivity contribution in [2.45, 2.75) is 25.9 Å². The van der Waals surface area contributed by atoms with Crippen LogP contribution >= 0.6 is 0 Å². The third-order valence-electron chi connectivity index (χ3n) is 4.08. The van der Waals surface area contributed by atoms with E-state index in [1.165, 1.54) is 0 Å². The molecular formula is C17H21NO3. The SMILES string of the molecule is COc1ccc(CN(C)C(C)(C)C(=O)O)c2ccccc12. The van der Waals surface area contributed by atoms with Crippen molar-refractivity contribution in [1.29, 1.82) is 0 Å². The number of fused-ring (bicyclic) bond motifs is 1. The molecule has 21 heavy (non-hydrogen) atoms. The van der Waals surface area contributed by atoms with Crippen LogP contribution in [-0.2, 0) is 11.3 Å². The predicted octanol–water partition coefficient (Wildman–Crippen LogP) is 3.14. The first-order valence-electron chi connectivity index (χ1n) is 6.87. The molecule has 0 saturated heterocycles. The van der Waals surface area contributed by atoms with Crippen LogP contribution in [0, 0.1) is 0 Å². The molecule has 2 aromatic rings. The average Bonchev–Trinajstić information content (AvgIpc) is 2.47. The highest BCUT2D eigenvalue weighted by molar-refractivity contribution is 5.91. The minimum absolute atomic E-state index is 0.559. The number of rotatable bonds is 5. The molecule has 112 valence electrons. The van der Waals surface area contributed by atoms with Crippen molar-refractivity contribution in [3.8, 4) is 5.75 Å². The summed E-state index contributed by atoms with van der Waals surface area (Å²) in [4.78, 5) is 13.2. The van der Waals surface area contributed by atoms with Crippen LogP contribution in [0.5, 0.6) is 5.75 Å². The molecule has 2 aromatic carbocycles. The number of methoxy groups -OCH3 is 1. The number of carboxylic acids is 1. The van der Waals surface area contributed by atoms with E-state index in [-0.39, 0.29) is 0 Å². The van der Waals surface area contributed by atoms with Gasteiger partial charge in [0.25, 0.3) is 0 Å². The molecule has 0 fully saturated rings. The van der Waals surface area contributed by atoms with Gasteiger partial charge >= 0.3 is 5.97 Å². The van der Waals surface area contributed by atoms with Crippen LogP contribution in [0.4, 0.5) is 0 Å². The first-order valence-corrected chi connectivity index (χ1v) is 6.87. The molecule has 0 saturated carbocycles. The van der Waals surface area contributed by atoms with Gasteiger partial charge in [-0.3, -0.25) is 9.69 Å². The van der Waals surface area contributed by atoms with Gasteiger partial charge in [-0.25, -0.2) is 0 Å². The zero-order valence-corrected chi connectivity index (χ0v) is 12.9. The van der Waals surface area contributed by atoms with Gasteiger partial charge in [0.2, 0.25) is 0 Å². The third-order valence-corrected chi connectivity index (χ3v) is 4.08. The molecule has 0 bridgehead atoms. The Hall–Kier alpha value is -2.07. The first kappa shape index (κ1) is 15.3. The fraction of sp³-hybridized carbons (Fsp3) is 0.353. The second-order valence-corrected chi connectivity index (χ2v) is 5.69. The van der Waals surface area contributed by atoms with Gasteiger partial charge in [0, 0.05) is 11.9 Å². The lowest BCUT2D eigenvalue weighted by atomic mass is 9.99. The number of benzene rings is 2. The Morgan fingerprint density at radius 1 is 1.19 bits per heavy atom. The number of hydrogen-bond donors (Lipinski definition) is 1. The molecule has 0 atom stereocenters. The molecule has 0 radical (unpaired) electrons. The van der Waals surface area contributed by atoms with Gasteiger partial charge in [0.05, 0.1) is 7.11 Å². The van der Waals surface area contributed by atoms with Crippen LogP contribution in [0.15, 0.2) is 36.4 Å². The maximum atomic E-state index is 11.4. The smallest absolute Gasteiger partial charge is 0.323 e. The summed E-state index contributed by atoms with van der Waals surface area (Å²) in [7, 11) is 3.48. The van der Waals surface area contributed by atoms with Crippen molar-refractivity contribution in [3.63, 3.8) is 0 Å². The molecule has 0 unspecified atom stereocenters. The molecule has 0 aliphatic rings. The van der Waals surface area contributed by atoms with Crippen LogP contribution in [0.2, 0.25) is 0 Å². The molecule has 0 aromatic heterocycles. The summed E-state index contributed by atoms with van der Waals surface area (Å²) in [6, 6.07) is 11.9. The fourth-order valence-electron chi connectivity index (χ4n) is 2.27. The number of aliphatic carboxylic acids is 1. The number of carbonyl (C=O) groups is 1. The van der Waals surface area contributed by atoms with Gasteiger partial charge in [-0.2, -0.15) is 0 Å². The zero-order valence-electron chi connectivity index (χ0n) is 12.9. The zero-order chi connectivity index (χ0) is 15.6. The van der Waals surface area contributed by atoms with Crippen LogP contribution in [0.1, 0.15) is 19.4 Å². The molecule has 2 rings (SSSR count). The fourth-order valence-corrected chi connectivity index (χ4v) is 2.27. The van der Waals surface area contributed by atoms with Crippen molar-refractivity contribution in [2.75, 3.05) is 14.2 Å². The number of nitrogens with zero attached hydrogens (tertiary/aromatic N) is 1. The van der Waals surface area contributed by atoms with E-state index in [1.54, 1.807) is 21.0 Å². The lowest BCUT2D eigenvalue weighted by Crippen LogP contribution is -2.47. The van der Waals surface area contributed by atoms with Crippen molar-refractivity contribution in [2.24, 2.45) is 0 Å². The average molecular weight is 287 g/mol. The standard InChI is InChI=1S/C17H21NO3/c1-17(2,16(19)20)18(3)11-12-9-10-15(21-4)14-8-6-5-7-13(12)14/h5-10H,11H2,1-4H3,(H,19,20). The van der Waals surface area contributed by atoms with Crippen molar-refractivity contribution in [3.05, 3.63) is 42.0 Å². The molecule has 0 amide bonds. The van der Waals surface area contributed by atoms with E-state index in [9.17, 15) is 9.90 Å². The topological polar surface area (TPSA) is 49.8 Å². The maximum Gasteiger partial charge on any atom is 0.323 e. The van der Waals surface area contributed by atoms with Gasteiger partial charge < -0.3 is 9.84 Å². The van der Waals surface area contributed by atoms with Crippen molar-refractivity contribution >= 4 is 16.7 Å². The Labute approximate surface area is 124 Å². The molecule has 4 nitrogen and oxygen atoms in total. The minimum atomic E-state index is -0.916. The van der Waals surface area contributed by atoms with E-state index >= 15 is 0 Å². The van der Waals surface area contributed by atoms with E-state index in [2.05, 4.69) is 0 Å². The third kappa shape index (κ3) is 2.85. The van der Waals surface area contributed by atoms with Crippen molar-refractivity contribution < 1.29 is 14.6 Å². The second kappa shape index (κ2) is 5.74. The van der Waals surface area contributed by atoms with Gasteiger partial charge in [-0.05, 0) is 37.9 Å². The van der Waals surface area contributed by atoms with E-state index < -0.39 is 11.5 Å². The lowest BCUT2D eigenvalue weighted by Gasteiger charge is -2.31. The number of hydrogen-bond acceptors (Lipinski definition) is 3. The van der Waals surface area contributed by atoms with Crippen molar-refractivity contribution in [1.82, 2.24) is 4.90 Å². The van der Waals surface area contributed by atoms with E-state index in [4.69, 9.17) is 4.74 Å². The first-order chi connectivity index (χ1) is 9.87. The molecular weight excluding hydrogens is 266 g/mol. The Bertz CT molecular complexity index is 664. The summed E-state index contributed by atoms with van der Waals surface area (Å²) in [5.41, 5.74) is 0.171. The van der Waals surface area contributed by atoms with Gasteiger partial charge in [0.1, 0.15) is 11.3 Å². The van der Waals surface area contributed by atoms with Crippen LogP contribution in [-0.4, -0.2) is 35.7 Å². The largest absolute Gasteiger partial charge is 0.496 e. The summed E-state index contributed by atoms with van der Waals surface area (Å²) in [5.74, 6) is -0.00249. The number of likely N-dealkylation sites (N-methyl/N-ethyl adjacent to an activating group) is 1. The van der Waals surface area contributed by atoms with E-state index in [0.29, 0.717) is 6.54 Å². The Balaban J connectivity index is 2.42. The molecule has 0 aliphatic heterocycles.